The van der Waals surface area contributed by atoms with Crippen LogP contribution < -0.4 is 4.90 Å². The summed E-state index contributed by atoms with van der Waals surface area (Å²) in [6.45, 7) is 4.34. The molecule has 1 aromatic heterocycles. The van der Waals surface area contributed by atoms with Gasteiger partial charge in [-0.2, -0.15) is 13.2 Å². The van der Waals surface area contributed by atoms with Crippen molar-refractivity contribution in [2.75, 3.05) is 31.1 Å². The van der Waals surface area contributed by atoms with Crippen molar-refractivity contribution in [3.05, 3.63) is 59.3 Å². The second-order valence-electron chi connectivity index (χ2n) is 6.94. The number of piperazine rings is 1. The summed E-state index contributed by atoms with van der Waals surface area (Å²) in [6, 6.07) is 10.8. The van der Waals surface area contributed by atoms with Crippen LogP contribution in [0.3, 0.4) is 0 Å². The van der Waals surface area contributed by atoms with Crippen LogP contribution in [-0.2, 0) is 23.8 Å². The standard InChI is InChI=1S/C21H24F3N3O/c1-2-16-3-5-17(6-4-16)7-10-20(28)27-13-11-26(12-14-27)19-9-8-18(15-25-19)21(22,23)24/h3-6,8-9,15H,2,7,10-14H2,1H3. The van der Waals surface area contributed by atoms with Crippen molar-refractivity contribution in [3.63, 3.8) is 0 Å². The van der Waals surface area contributed by atoms with E-state index >= 15 is 0 Å². The second-order valence-corrected chi connectivity index (χ2v) is 6.94. The van der Waals surface area contributed by atoms with Crippen molar-refractivity contribution in [1.82, 2.24) is 9.88 Å². The number of carbonyl (C=O) groups is 1. The van der Waals surface area contributed by atoms with E-state index in [0.29, 0.717) is 44.8 Å². The number of anilines is 1. The summed E-state index contributed by atoms with van der Waals surface area (Å²) in [5, 5.41) is 0. The monoisotopic (exact) mass is 391 g/mol. The van der Waals surface area contributed by atoms with Gasteiger partial charge in [0, 0.05) is 38.8 Å². The van der Waals surface area contributed by atoms with E-state index in [1.54, 1.807) is 0 Å². The first-order valence-corrected chi connectivity index (χ1v) is 9.50. The minimum absolute atomic E-state index is 0.111. The fourth-order valence-electron chi connectivity index (χ4n) is 3.28. The van der Waals surface area contributed by atoms with Crippen molar-refractivity contribution >= 4 is 11.7 Å². The van der Waals surface area contributed by atoms with Gasteiger partial charge in [-0.1, -0.05) is 31.2 Å². The molecule has 150 valence electrons. The van der Waals surface area contributed by atoms with Crippen molar-refractivity contribution in [2.24, 2.45) is 0 Å². The van der Waals surface area contributed by atoms with Crippen LogP contribution in [0.25, 0.3) is 0 Å². The normalized spacial score (nSPS) is 15.0. The lowest BCUT2D eigenvalue weighted by Crippen LogP contribution is -2.49. The maximum absolute atomic E-state index is 12.6. The van der Waals surface area contributed by atoms with E-state index in [0.717, 1.165) is 24.2 Å². The average molecular weight is 391 g/mol. The lowest BCUT2D eigenvalue weighted by atomic mass is 10.1. The molecule has 1 aromatic carbocycles. The maximum Gasteiger partial charge on any atom is 0.417 e. The first kappa shape index (κ1) is 20.2. The van der Waals surface area contributed by atoms with Crippen LogP contribution in [-0.4, -0.2) is 42.0 Å². The van der Waals surface area contributed by atoms with E-state index in [2.05, 4.69) is 36.2 Å². The van der Waals surface area contributed by atoms with E-state index in [9.17, 15) is 18.0 Å². The largest absolute Gasteiger partial charge is 0.417 e. The number of benzene rings is 1. The lowest BCUT2D eigenvalue weighted by molar-refractivity contribution is -0.137. The SMILES string of the molecule is CCc1ccc(CCC(=O)N2CCN(c3ccc(C(F)(F)F)cn3)CC2)cc1. The van der Waals surface area contributed by atoms with Gasteiger partial charge >= 0.3 is 6.18 Å². The first-order chi connectivity index (χ1) is 13.4. The van der Waals surface area contributed by atoms with Crippen molar-refractivity contribution < 1.29 is 18.0 Å². The molecule has 0 bridgehead atoms. The minimum Gasteiger partial charge on any atom is -0.353 e. The molecule has 0 spiro atoms. The van der Waals surface area contributed by atoms with Crippen molar-refractivity contribution in [1.29, 1.82) is 0 Å². The summed E-state index contributed by atoms with van der Waals surface area (Å²) in [5.74, 6) is 0.621. The van der Waals surface area contributed by atoms with Crippen molar-refractivity contribution in [2.45, 2.75) is 32.4 Å². The molecule has 0 N–H and O–H groups in total. The number of amides is 1. The van der Waals surface area contributed by atoms with Crippen LogP contribution in [0.15, 0.2) is 42.6 Å². The zero-order valence-corrected chi connectivity index (χ0v) is 15.9. The summed E-state index contributed by atoms with van der Waals surface area (Å²) in [7, 11) is 0. The third-order valence-corrected chi connectivity index (χ3v) is 5.09. The zero-order chi connectivity index (χ0) is 20.1. The number of halogens is 3. The fraction of sp³-hybridized carbons (Fsp3) is 0.429. The quantitative estimate of drug-likeness (QED) is 0.775. The number of hydrogen-bond acceptors (Lipinski definition) is 3. The molecule has 1 aliphatic heterocycles. The van der Waals surface area contributed by atoms with Crippen LogP contribution in [0.1, 0.15) is 30.0 Å². The molecule has 0 aliphatic carbocycles. The molecule has 1 saturated heterocycles. The molecule has 7 heteroatoms. The zero-order valence-electron chi connectivity index (χ0n) is 15.9. The van der Waals surface area contributed by atoms with Gasteiger partial charge in [0.2, 0.25) is 5.91 Å². The molecule has 0 radical (unpaired) electrons. The lowest BCUT2D eigenvalue weighted by Gasteiger charge is -2.35. The van der Waals surface area contributed by atoms with Gasteiger partial charge in [0.05, 0.1) is 5.56 Å². The van der Waals surface area contributed by atoms with Crippen LogP contribution in [0, 0.1) is 0 Å². The number of aryl methyl sites for hydroxylation is 2. The molecular formula is C21H24F3N3O. The Kier molecular flexibility index (Phi) is 6.21. The fourth-order valence-corrected chi connectivity index (χ4v) is 3.28. The van der Waals surface area contributed by atoms with Gasteiger partial charge in [-0.15, -0.1) is 0 Å². The number of aromatic nitrogens is 1. The Morgan fingerprint density at radius 3 is 2.18 bits per heavy atom. The third kappa shape index (κ3) is 5.03. The van der Waals surface area contributed by atoms with Gasteiger partial charge < -0.3 is 9.80 Å². The predicted octanol–water partition coefficient (Wildman–Crippen LogP) is 3.94. The Morgan fingerprint density at radius 2 is 1.64 bits per heavy atom. The van der Waals surface area contributed by atoms with Gasteiger partial charge in [0.1, 0.15) is 5.82 Å². The average Bonchev–Trinajstić information content (AvgIpc) is 2.72. The summed E-state index contributed by atoms with van der Waals surface area (Å²) >= 11 is 0. The number of alkyl halides is 3. The highest BCUT2D eigenvalue weighted by Gasteiger charge is 2.31. The molecule has 0 atom stereocenters. The summed E-state index contributed by atoms with van der Waals surface area (Å²) < 4.78 is 37.9. The van der Waals surface area contributed by atoms with Crippen LogP contribution in [0.4, 0.5) is 19.0 Å². The number of hydrogen-bond donors (Lipinski definition) is 0. The van der Waals surface area contributed by atoms with E-state index in [-0.39, 0.29) is 5.91 Å². The minimum atomic E-state index is -4.38. The Morgan fingerprint density at radius 1 is 1.00 bits per heavy atom. The maximum atomic E-state index is 12.6. The van der Waals surface area contributed by atoms with Crippen LogP contribution >= 0.6 is 0 Å². The van der Waals surface area contributed by atoms with Crippen LogP contribution in [0.2, 0.25) is 0 Å². The first-order valence-electron chi connectivity index (χ1n) is 9.50. The van der Waals surface area contributed by atoms with Gasteiger partial charge in [-0.3, -0.25) is 4.79 Å². The van der Waals surface area contributed by atoms with E-state index in [4.69, 9.17) is 0 Å². The number of carbonyl (C=O) groups excluding carboxylic acids is 1. The van der Waals surface area contributed by atoms with Gasteiger partial charge in [0.25, 0.3) is 0 Å². The number of rotatable bonds is 5. The molecular weight excluding hydrogens is 367 g/mol. The van der Waals surface area contributed by atoms with Crippen molar-refractivity contribution in [3.8, 4) is 0 Å². The van der Waals surface area contributed by atoms with Gasteiger partial charge in [-0.05, 0) is 36.1 Å². The van der Waals surface area contributed by atoms with E-state index in [1.165, 1.54) is 11.6 Å². The molecule has 1 fully saturated rings. The highest BCUT2D eigenvalue weighted by Crippen LogP contribution is 2.29. The van der Waals surface area contributed by atoms with Gasteiger partial charge in [-0.25, -0.2) is 4.98 Å². The number of nitrogens with zero attached hydrogens (tertiary/aromatic N) is 3. The summed E-state index contributed by atoms with van der Waals surface area (Å²) in [5.41, 5.74) is 1.68. The van der Waals surface area contributed by atoms with Gasteiger partial charge in [0.15, 0.2) is 0 Å². The second kappa shape index (κ2) is 8.63. The van der Waals surface area contributed by atoms with Crippen LogP contribution in [0.5, 0.6) is 0 Å². The highest BCUT2D eigenvalue weighted by molar-refractivity contribution is 5.76. The highest BCUT2D eigenvalue weighted by atomic mass is 19.4. The molecule has 2 aromatic rings. The molecule has 1 aliphatic rings. The Bertz CT molecular complexity index is 780. The third-order valence-electron chi connectivity index (χ3n) is 5.09. The smallest absolute Gasteiger partial charge is 0.353 e. The predicted molar refractivity (Wildman–Crippen MR) is 102 cm³/mol. The molecule has 1 amide bonds. The topological polar surface area (TPSA) is 36.4 Å². The Balaban J connectivity index is 1.48. The van der Waals surface area contributed by atoms with E-state index in [1.807, 2.05) is 9.80 Å². The number of pyridine rings is 1. The Hall–Kier alpha value is -2.57. The molecule has 0 unspecified atom stereocenters. The molecule has 4 nitrogen and oxygen atoms in total. The Labute approximate surface area is 163 Å². The summed E-state index contributed by atoms with van der Waals surface area (Å²) in [4.78, 5) is 20.1. The molecule has 2 heterocycles. The molecule has 3 rings (SSSR count). The molecule has 28 heavy (non-hydrogen) atoms. The summed E-state index contributed by atoms with van der Waals surface area (Å²) in [6.07, 6.45) is -1.35. The molecule has 0 saturated carbocycles. The van der Waals surface area contributed by atoms with E-state index < -0.39 is 11.7 Å².